The number of benzene rings is 1. The lowest BCUT2D eigenvalue weighted by Gasteiger charge is -2.23. The lowest BCUT2D eigenvalue weighted by molar-refractivity contribution is 0.209. The second kappa shape index (κ2) is 5.73. The Bertz CT molecular complexity index is 635. The molecule has 0 unspecified atom stereocenters. The third-order valence-electron chi connectivity index (χ3n) is 2.68. The van der Waals surface area contributed by atoms with Gasteiger partial charge in [0.25, 0.3) is 10.0 Å². The number of thiophene rings is 1. The highest BCUT2D eigenvalue weighted by atomic mass is 32.2. The number of hydrogen-bond acceptors (Lipinski definition) is 4. The Balaban J connectivity index is 2.48. The molecule has 6 heteroatoms. The van der Waals surface area contributed by atoms with E-state index in [9.17, 15) is 8.42 Å². The highest BCUT2D eigenvalue weighted by molar-refractivity contribution is 7.92. The van der Waals surface area contributed by atoms with E-state index in [4.69, 9.17) is 4.74 Å². The summed E-state index contributed by atoms with van der Waals surface area (Å²) in [6.07, 6.45) is 0. The normalized spacial score (nSPS) is 11.5. The van der Waals surface area contributed by atoms with E-state index in [1.165, 1.54) is 22.8 Å². The molecule has 0 spiro atoms. The fourth-order valence-electron chi connectivity index (χ4n) is 1.74. The van der Waals surface area contributed by atoms with E-state index < -0.39 is 10.0 Å². The van der Waals surface area contributed by atoms with Crippen LogP contribution in [0.2, 0.25) is 0 Å². The van der Waals surface area contributed by atoms with E-state index in [0.29, 0.717) is 5.69 Å². The Morgan fingerprint density at radius 3 is 2.42 bits per heavy atom. The second-order valence-corrected chi connectivity index (χ2v) is 6.93. The van der Waals surface area contributed by atoms with Crippen molar-refractivity contribution in [3.63, 3.8) is 0 Å². The summed E-state index contributed by atoms with van der Waals surface area (Å²) in [7, 11) is -2.11. The highest BCUT2D eigenvalue weighted by Gasteiger charge is 2.26. The highest BCUT2D eigenvalue weighted by Crippen LogP contribution is 2.29. The molecular weight excluding hydrogens is 282 g/mol. The van der Waals surface area contributed by atoms with Gasteiger partial charge < -0.3 is 4.74 Å². The molecule has 0 fully saturated rings. The molecule has 1 aromatic carbocycles. The van der Waals surface area contributed by atoms with Crippen LogP contribution < -0.4 is 4.31 Å². The molecular formula is C13H15NO3S2. The van der Waals surface area contributed by atoms with E-state index in [1.807, 2.05) is 12.3 Å². The lowest BCUT2D eigenvalue weighted by atomic mass is 10.4. The third-order valence-corrected chi connectivity index (χ3v) is 5.26. The van der Waals surface area contributed by atoms with Crippen molar-refractivity contribution in [2.75, 3.05) is 18.1 Å². The summed E-state index contributed by atoms with van der Waals surface area (Å²) in [6, 6.07) is 10.2. The van der Waals surface area contributed by atoms with Gasteiger partial charge in [-0.3, -0.25) is 0 Å². The maximum Gasteiger partial charge on any atom is 0.266 e. The number of sulfonamides is 1. The quantitative estimate of drug-likeness (QED) is 0.797. The predicted molar refractivity (Wildman–Crippen MR) is 77.0 cm³/mol. The molecule has 2 aromatic rings. The van der Waals surface area contributed by atoms with Crippen molar-refractivity contribution in [3.05, 3.63) is 46.7 Å². The summed E-state index contributed by atoms with van der Waals surface area (Å²) < 4.78 is 31.6. The molecule has 0 aliphatic heterocycles. The van der Waals surface area contributed by atoms with Crippen LogP contribution in [0.4, 0.5) is 5.69 Å². The van der Waals surface area contributed by atoms with Crippen molar-refractivity contribution in [2.45, 2.75) is 11.8 Å². The van der Waals surface area contributed by atoms with Gasteiger partial charge in [0.05, 0.1) is 10.6 Å². The average molecular weight is 297 g/mol. The number of aryl methyl sites for hydroxylation is 1. The summed E-state index contributed by atoms with van der Waals surface area (Å²) in [5, 5.41) is 1.87. The first-order valence-electron chi connectivity index (χ1n) is 5.68. The van der Waals surface area contributed by atoms with Gasteiger partial charge in [0.15, 0.2) is 0 Å². The SMILES string of the molecule is COCN(c1ccsc1C)S(=O)(=O)c1ccccc1. The van der Waals surface area contributed by atoms with E-state index in [-0.39, 0.29) is 11.6 Å². The molecule has 0 atom stereocenters. The molecule has 0 N–H and O–H groups in total. The molecule has 2 rings (SSSR count). The van der Waals surface area contributed by atoms with E-state index in [1.54, 1.807) is 36.4 Å². The molecule has 4 nitrogen and oxygen atoms in total. The Kier molecular flexibility index (Phi) is 4.24. The van der Waals surface area contributed by atoms with Crippen LogP contribution in [0.15, 0.2) is 46.7 Å². The van der Waals surface area contributed by atoms with Crippen LogP contribution in [0.1, 0.15) is 4.88 Å². The number of rotatable bonds is 5. The third kappa shape index (κ3) is 2.80. The minimum Gasteiger partial charge on any atom is -0.363 e. The van der Waals surface area contributed by atoms with Crippen LogP contribution in [0.3, 0.4) is 0 Å². The van der Waals surface area contributed by atoms with Gasteiger partial charge in [-0.05, 0) is 30.5 Å². The molecule has 1 aromatic heterocycles. The molecule has 1 heterocycles. The zero-order valence-electron chi connectivity index (χ0n) is 10.7. The van der Waals surface area contributed by atoms with Gasteiger partial charge in [0, 0.05) is 12.0 Å². The first-order valence-corrected chi connectivity index (χ1v) is 8.00. The number of anilines is 1. The smallest absolute Gasteiger partial charge is 0.266 e. The van der Waals surface area contributed by atoms with Crippen LogP contribution in [-0.4, -0.2) is 22.3 Å². The Labute approximate surface area is 117 Å². The maximum absolute atomic E-state index is 12.6. The summed E-state index contributed by atoms with van der Waals surface area (Å²) in [6.45, 7) is 1.89. The molecule has 0 saturated heterocycles. The second-order valence-electron chi connectivity index (χ2n) is 3.95. The predicted octanol–water partition coefficient (Wildman–Crippen LogP) is 2.86. The molecule has 102 valence electrons. The van der Waals surface area contributed by atoms with Crippen LogP contribution in [0.25, 0.3) is 0 Å². The molecule has 0 aliphatic carbocycles. The number of ether oxygens (including phenoxy) is 1. The maximum atomic E-state index is 12.6. The zero-order chi connectivity index (χ0) is 13.9. The van der Waals surface area contributed by atoms with Crippen molar-refractivity contribution in [1.82, 2.24) is 0 Å². The Morgan fingerprint density at radius 2 is 1.89 bits per heavy atom. The molecule has 0 bridgehead atoms. The summed E-state index contributed by atoms with van der Waals surface area (Å²) in [5.74, 6) is 0. The number of nitrogens with zero attached hydrogens (tertiary/aromatic N) is 1. The minimum atomic E-state index is -3.59. The lowest BCUT2D eigenvalue weighted by Crippen LogP contribution is -2.32. The van der Waals surface area contributed by atoms with Gasteiger partial charge in [-0.15, -0.1) is 11.3 Å². The Morgan fingerprint density at radius 1 is 1.21 bits per heavy atom. The molecule has 0 amide bonds. The van der Waals surface area contributed by atoms with Gasteiger partial charge in [-0.1, -0.05) is 18.2 Å². The largest absolute Gasteiger partial charge is 0.363 e. The monoisotopic (exact) mass is 297 g/mol. The van der Waals surface area contributed by atoms with Crippen molar-refractivity contribution >= 4 is 27.0 Å². The van der Waals surface area contributed by atoms with Crippen molar-refractivity contribution in [1.29, 1.82) is 0 Å². The summed E-state index contributed by atoms with van der Waals surface area (Å²) in [4.78, 5) is 1.20. The van der Waals surface area contributed by atoms with Crippen LogP contribution in [-0.2, 0) is 14.8 Å². The van der Waals surface area contributed by atoms with Crippen LogP contribution >= 0.6 is 11.3 Å². The first-order chi connectivity index (χ1) is 9.07. The fourth-order valence-corrected chi connectivity index (χ4v) is 3.96. The molecule has 0 aliphatic rings. The summed E-state index contributed by atoms with van der Waals surface area (Å²) in [5.41, 5.74) is 0.663. The van der Waals surface area contributed by atoms with E-state index in [2.05, 4.69) is 0 Å². The van der Waals surface area contributed by atoms with Gasteiger partial charge >= 0.3 is 0 Å². The van der Waals surface area contributed by atoms with Gasteiger partial charge in [0.1, 0.15) is 6.73 Å². The number of methoxy groups -OCH3 is 1. The van der Waals surface area contributed by atoms with E-state index >= 15 is 0 Å². The van der Waals surface area contributed by atoms with Gasteiger partial charge in [-0.2, -0.15) is 0 Å². The van der Waals surface area contributed by atoms with Crippen molar-refractivity contribution in [2.24, 2.45) is 0 Å². The minimum absolute atomic E-state index is 0.00516. The molecule has 0 saturated carbocycles. The van der Waals surface area contributed by atoms with Crippen LogP contribution in [0.5, 0.6) is 0 Å². The van der Waals surface area contributed by atoms with E-state index in [0.717, 1.165) is 4.88 Å². The standard InChI is InChI=1S/C13H15NO3S2/c1-11-13(8-9-18-11)14(10-17-2)19(15,16)12-6-4-3-5-7-12/h3-9H,10H2,1-2H3. The van der Waals surface area contributed by atoms with Crippen molar-refractivity contribution in [3.8, 4) is 0 Å². The average Bonchev–Trinajstić information content (AvgIpc) is 2.83. The van der Waals surface area contributed by atoms with Gasteiger partial charge in [0.2, 0.25) is 0 Å². The summed E-state index contributed by atoms with van der Waals surface area (Å²) >= 11 is 1.51. The Hall–Kier alpha value is -1.37. The molecule has 19 heavy (non-hydrogen) atoms. The van der Waals surface area contributed by atoms with Crippen LogP contribution in [0, 0.1) is 6.92 Å². The fraction of sp³-hybridized carbons (Fsp3) is 0.231. The first kappa shape index (κ1) is 14.0. The topological polar surface area (TPSA) is 46.6 Å². The molecule has 0 radical (unpaired) electrons. The van der Waals surface area contributed by atoms with Gasteiger partial charge in [-0.25, -0.2) is 12.7 Å². The zero-order valence-corrected chi connectivity index (χ0v) is 12.4. The number of hydrogen-bond donors (Lipinski definition) is 0. The van der Waals surface area contributed by atoms with Crippen molar-refractivity contribution < 1.29 is 13.2 Å².